The molecule has 0 unspecified atom stereocenters. The molecule has 6 nitrogen and oxygen atoms in total. The zero-order valence-electron chi connectivity index (χ0n) is 15.7. The fourth-order valence-corrected chi connectivity index (χ4v) is 5.09. The molecule has 2 fully saturated rings. The van der Waals surface area contributed by atoms with E-state index in [1.807, 2.05) is 24.3 Å². The number of likely N-dealkylation sites (tertiary alicyclic amines) is 1. The van der Waals surface area contributed by atoms with Crippen LogP contribution >= 0.6 is 15.9 Å². The van der Waals surface area contributed by atoms with E-state index in [1.165, 1.54) is 4.90 Å². The Hall–Kier alpha value is -2.80. The van der Waals surface area contributed by atoms with E-state index in [0.717, 1.165) is 15.6 Å². The fourth-order valence-electron chi connectivity index (χ4n) is 4.83. The summed E-state index contributed by atoms with van der Waals surface area (Å²) >= 11 is 3.38. The number of benzene rings is 2. The standard InChI is InChI=1S/C22H18BrN3O3/c1-2-25-21(28)16-17(22(25)29)19(20(27)12-7-9-14(23)10-8-12)26-18(16)15-6-4-3-5-13(15)11-24-26/h3-11,16-19H,2H2,1H3/t16-,17+,18-,19-/m0/s1. The summed E-state index contributed by atoms with van der Waals surface area (Å²) in [5.74, 6) is -2.02. The summed E-state index contributed by atoms with van der Waals surface area (Å²) in [6.07, 6.45) is 1.71. The van der Waals surface area contributed by atoms with Crippen LogP contribution in [0.2, 0.25) is 0 Å². The van der Waals surface area contributed by atoms with Gasteiger partial charge in [0.15, 0.2) is 5.78 Å². The van der Waals surface area contributed by atoms with E-state index >= 15 is 0 Å². The second-order valence-electron chi connectivity index (χ2n) is 7.49. The van der Waals surface area contributed by atoms with E-state index in [2.05, 4.69) is 21.0 Å². The maximum absolute atomic E-state index is 13.5. The first-order valence-electron chi connectivity index (χ1n) is 9.59. The zero-order valence-corrected chi connectivity index (χ0v) is 17.2. The van der Waals surface area contributed by atoms with Gasteiger partial charge in [-0.25, -0.2) is 0 Å². The first-order chi connectivity index (χ1) is 14.0. The second kappa shape index (κ2) is 6.62. The van der Waals surface area contributed by atoms with Gasteiger partial charge in [-0.15, -0.1) is 0 Å². The number of halogens is 1. The van der Waals surface area contributed by atoms with Crippen LogP contribution in [0, 0.1) is 11.8 Å². The van der Waals surface area contributed by atoms with Crippen molar-refractivity contribution in [3.8, 4) is 0 Å². The fraction of sp³-hybridized carbons (Fsp3) is 0.273. The van der Waals surface area contributed by atoms with Crippen LogP contribution in [0.15, 0.2) is 58.1 Å². The van der Waals surface area contributed by atoms with Crippen LogP contribution < -0.4 is 0 Å². The molecule has 2 aromatic carbocycles. The van der Waals surface area contributed by atoms with Gasteiger partial charge in [-0.1, -0.05) is 52.3 Å². The third-order valence-corrected chi connectivity index (χ3v) is 6.63. The summed E-state index contributed by atoms with van der Waals surface area (Å²) in [6.45, 7) is 2.09. The molecule has 0 spiro atoms. The minimum Gasteiger partial charge on any atom is -0.292 e. The number of amides is 2. The zero-order chi connectivity index (χ0) is 20.3. The minimum absolute atomic E-state index is 0.189. The van der Waals surface area contributed by atoms with Gasteiger partial charge in [0.25, 0.3) is 0 Å². The lowest BCUT2D eigenvalue weighted by atomic mass is 9.83. The molecule has 29 heavy (non-hydrogen) atoms. The maximum Gasteiger partial charge on any atom is 0.235 e. The summed E-state index contributed by atoms with van der Waals surface area (Å²) < 4.78 is 0.866. The molecule has 0 saturated carbocycles. The lowest BCUT2D eigenvalue weighted by Crippen LogP contribution is -2.44. The Balaban J connectivity index is 1.65. The van der Waals surface area contributed by atoms with Gasteiger partial charge >= 0.3 is 0 Å². The van der Waals surface area contributed by atoms with Crippen molar-refractivity contribution in [3.05, 3.63) is 69.7 Å². The van der Waals surface area contributed by atoms with E-state index in [9.17, 15) is 14.4 Å². The summed E-state index contributed by atoms with van der Waals surface area (Å²) in [4.78, 5) is 41.1. The number of carbonyl (C=O) groups excluding carboxylic acids is 3. The van der Waals surface area contributed by atoms with Gasteiger partial charge < -0.3 is 0 Å². The molecule has 2 saturated heterocycles. The van der Waals surface area contributed by atoms with Gasteiger partial charge in [-0.3, -0.25) is 24.3 Å². The number of rotatable bonds is 3. The largest absolute Gasteiger partial charge is 0.292 e. The van der Waals surface area contributed by atoms with Crippen molar-refractivity contribution in [1.29, 1.82) is 0 Å². The topological polar surface area (TPSA) is 70.1 Å². The maximum atomic E-state index is 13.5. The molecular weight excluding hydrogens is 434 g/mol. The van der Waals surface area contributed by atoms with Crippen molar-refractivity contribution in [2.24, 2.45) is 16.9 Å². The number of hydrogen-bond acceptors (Lipinski definition) is 5. The van der Waals surface area contributed by atoms with Gasteiger partial charge in [-0.2, -0.15) is 5.10 Å². The smallest absolute Gasteiger partial charge is 0.235 e. The molecule has 0 aromatic heterocycles. The molecule has 3 heterocycles. The molecule has 0 radical (unpaired) electrons. The number of Topliss-reactive ketones (excluding diaryl/α,β-unsaturated/α-hetero) is 1. The lowest BCUT2D eigenvalue weighted by molar-refractivity contribution is -0.141. The number of hydrogen-bond donors (Lipinski definition) is 0. The highest BCUT2D eigenvalue weighted by Gasteiger charge is 2.64. The monoisotopic (exact) mass is 451 g/mol. The normalized spacial score (nSPS) is 27.1. The molecule has 3 aliphatic rings. The second-order valence-corrected chi connectivity index (χ2v) is 8.40. The quantitative estimate of drug-likeness (QED) is 0.531. The number of imide groups is 1. The van der Waals surface area contributed by atoms with Crippen molar-refractivity contribution >= 4 is 39.7 Å². The number of hydrazone groups is 1. The number of carbonyl (C=O) groups is 3. The average Bonchev–Trinajstić information content (AvgIpc) is 3.21. The lowest BCUT2D eigenvalue weighted by Gasteiger charge is -2.33. The molecule has 7 heteroatoms. The summed E-state index contributed by atoms with van der Waals surface area (Å²) in [5.41, 5.74) is 2.35. The predicted molar refractivity (Wildman–Crippen MR) is 110 cm³/mol. The highest BCUT2D eigenvalue weighted by Crippen LogP contribution is 2.52. The van der Waals surface area contributed by atoms with Crippen LogP contribution in [0.25, 0.3) is 0 Å². The highest BCUT2D eigenvalue weighted by atomic mass is 79.9. The van der Waals surface area contributed by atoms with Gasteiger partial charge in [0, 0.05) is 16.6 Å². The third-order valence-electron chi connectivity index (χ3n) is 6.10. The molecule has 2 amide bonds. The van der Waals surface area contributed by atoms with Crippen molar-refractivity contribution < 1.29 is 14.4 Å². The van der Waals surface area contributed by atoms with E-state index < -0.39 is 23.9 Å². The number of ketones is 1. The Morgan fingerprint density at radius 1 is 1.03 bits per heavy atom. The van der Waals surface area contributed by atoms with Crippen molar-refractivity contribution in [1.82, 2.24) is 9.91 Å². The Morgan fingerprint density at radius 3 is 2.45 bits per heavy atom. The van der Waals surface area contributed by atoms with Crippen molar-refractivity contribution in [2.75, 3.05) is 6.54 Å². The van der Waals surface area contributed by atoms with E-state index in [4.69, 9.17) is 0 Å². The third kappa shape index (κ3) is 2.53. The minimum atomic E-state index is -0.802. The summed E-state index contributed by atoms with van der Waals surface area (Å²) in [7, 11) is 0. The molecule has 0 N–H and O–H groups in total. The van der Waals surface area contributed by atoms with E-state index in [0.29, 0.717) is 12.1 Å². The van der Waals surface area contributed by atoms with Gasteiger partial charge in [0.2, 0.25) is 11.8 Å². The van der Waals surface area contributed by atoms with Crippen LogP contribution in [0.3, 0.4) is 0 Å². The van der Waals surface area contributed by atoms with Crippen LogP contribution in [0.4, 0.5) is 0 Å². The Bertz CT molecular complexity index is 1070. The molecular formula is C22H18BrN3O3. The van der Waals surface area contributed by atoms with Crippen LogP contribution in [0.5, 0.6) is 0 Å². The molecule has 0 bridgehead atoms. The molecule has 3 aliphatic heterocycles. The van der Waals surface area contributed by atoms with Gasteiger partial charge in [0.05, 0.1) is 24.1 Å². The first-order valence-corrected chi connectivity index (χ1v) is 10.4. The molecule has 146 valence electrons. The van der Waals surface area contributed by atoms with Crippen LogP contribution in [-0.4, -0.2) is 46.3 Å². The Kier molecular flexibility index (Phi) is 4.17. The van der Waals surface area contributed by atoms with Crippen molar-refractivity contribution in [3.63, 3.8) is 0 Å². The van der Waals surface area contributed by atoms with Crippen LogP contribution in [0.1, 0.15) is 34.5 Å². The molecule has 0 aliphatic carbocycles. The molecule has 2 aromatic rings. The molecule has 4 atom stereocenters. The Labute approximate surface area is 176 Å². The van der Waals surface area contributed by atoms with E-state index in [-0.39, 0.29) is 17.6 Å². The first kappa shape index (κ1) is 18.2. The number of nitrogens with zero attached hydrogens (tertiary/aromatic N) is 3. The molecule has 5 rings (SSSR count). The SMILES string of the molecule is CCN1C(=O)[C@@H]2[C@H](C1=O)[C@@H]1c3ccccc3C=NN1[C@@H]2C(=O)c1ccc(Br)cc1. The summed E-state index contributed by atoms with van der Waals surface area (Å²) in [6, 6.07) is 13.6. The van der Waals surface area contributed by atoms with E-state index in [1.54, 1.807) is 42.4 Å². The van der Waals surface area contributed by atoms with Crippen molar-refractivity contribution in [2.45, 2.75) is 19.0 Å². The highest BCUT2D eigenvalue weighted by molar-refractivity contribution is 9.10. The predicted octanol–water partition coefficient (Wildman–Crippen LogP) is 3.03. The average molecular weight is 452 g/mol. The Morgan fingerprint density at radius 2 is 1.72 bits per heavy atom. The van der Waals surface area contributed by atoms with Crippen LogP contribution in [-0.2, 0) is 9.59 Å². The number of fused-ring (bicyclic) bond motifs is 5. The summed E-state index contributed by atoms with van der Waals surface area (Å²) in [5, 5.41) is 6.22. The van der Waals surface area contributed by atoms with Gasteiger partial charge in [0.1, 0.15) is 6.04 Å². The van der Waals surface area contributed by atoms with Gasteiger partial charge in [-0.05, 0) is 30.2 Å².